The molecule has 2 aromatic carbocycles. The number of hydrogen-bond acceptors (Lipinski definition) is 3. The molecule has 0 unspecified atom stereocenters. The van der Waals surface area contributed by atoms with E-state index >= 15 is 0 Å². The standard InChI is InChI=1S/C16H10O3/c1-3-17-13-5-9-15(10-6-13)19-16-11-7-14(8-12-16)18-4-2/h1-2,5-12H. The van der Waals surface area contributed by atoms with Gasteiger partial charge in [0.05, 0.1) is 0 Å². The molecule has 0 aliphatic heterocycles. The van der Waals surface area contributed by atoms with E-state index in [-0.39, 0.29) is 0 Å². The molecule has 0 saturated heterocycles. The molecular weight excluding hydrogens is 240 g/mol. The molecule has 0 aliphatic rings. The predicted octanol–water partition coefficient (Wildman–Crippen LogP) is 3.42. The summed E-state index contributed by atoms with van der Waals surface area (Å²) in [5, 5.41) is 0. The minimum atomic E-state index is 0.590. The second-order valence-corrected chi connectivity index (χ2v) is 3.48. The van der Waals surface area contributed by atoms with Crippen molar-refractivity contribution in [2.75, 3.05) is 0 Å². The zero-order valence-electron chi connectivity index (χ0n) is 10.00. The van der Waals surface area contributed by atoms with Crippen LogP contribution < -0.4 is 14.2 Å². The van der Waals surface area contributed by atoms with Gasteiger partial charge in [0.15, 0.2) is 0 Å². The molecule has 92 valence electrons. The van der Waals surface area contributed by atoms with Crippen LogP contribution in [0.3, 0.4) is 0 Å². The molecule has 0 aliphatic carbocycles. The topological polar surface area (TPSA) is 27.7 Å². The maximum atomic E-state index is 5.63. The fourth-order valence-corrected chi connectivity index (χ4v) is 1.42. The summed E-state index contributed by atoms with van der Waals surface area (Å²) in [4.78, 5) is 0. The van der Waals surface area contributed by atoms with E-state index in [1.807, 2.05) is 0 Å². The molecular formula is C16H10O3. The van der Waals surface area contributed by atoms with Gasteiger partial charge in [-0.3, -0.25) is 0 Å². The Balaban J connectivity index is 2.04. The van der Waals surface area contributed by atoms with Gasteiger partial charge < -0.3 is 14.2 Å². The Kier molecular flexibility index (Phi) is 3.95. The van der Waals surface area contributed by atoms with E-state index in [0.717, 1.165) is 0 Å². The van der Waals surface area contributed by atoms with Crippen molar-refractivity contribution < 1.29 is 14.2 Å². The van der Waals surface area contributed by atoms with Gasteiger partial charge in [-0.2, -0.15) is 0 Å². The highest BCUT2D eigenvalue weighted by Crippen LogP contribution is 2.25. The van der Waals surface area contributed by atoms with E-state index in [0.29, 0.717) is 23.0 Å². The van der Waals surface area contributed by atoms with Crippen LogP contribution in [0.2, 0.25) is 0 Å². The molecule has 0 atom stereocenters. The van der Waals surface area contributed by atoms with Crippen molar-refractivity contribution in [1.29, 1.82) is 0 Å². The summed E-state index contributed by atoms with van der Waals surface area (Å²) in [6.07, 6.45) is 14.3. The predicted molar refractivity (Wildman–Crippen MR) is 71.9 cm³/mol. The van der Waals surface area contributed by atoms with E-state index in [1.54, 1.807) is 48.5 Å². The van der Waals surface area contributed by atoms with E-state index in [2.05, 4.69) is 12.2 Å². The minimum Gasteiger partial charge on any atom is -0.457 e. The highest BCUT2D eigenvalue weighted by molar-refractivity contribution is 5.38. The summed E-state index contributed by atoms with van der Waals surface area (Å²) >= 11 is 0. The lowest BCUT2D eigenvalue weighted by Crippen LogP contribution is -1.86. The molecule has 0 fully saturated rings. The van der Waals surface area contributed by atoms with Gasteiger partial charge in [-0.1, -0.05) is 12.8 Å². The van der Waals surface area contributed by atoms with Gasteiger partial charge >= 0.3 is 0 Å². The van der Waals surface area contributed by atoms with Crippen LogP contribution >= 0.6 is 0 Å². The summed E-state index contributed by atoms with van der Waals surface area (Å²) in [6, 6.07) is 14.0. The van der Waals surface area contributed by atoms with Crippen molar-refractivity contribution in [3.63, 3.8) is 0 Å². The lowest BCUT2D eigenvalue weighted by molar-refractivity contribution is 0.475. The first-order valence-electron chi connectivity index (χ1n) is 5.44. The molecule has 0 heterocycles. The average Bonchev–Trinajstić information content (AvgIpc) is 2.44. The Morgan fingerprint density at radius 2 is 0.895 bits per heavy atom. The number of ether oxygens (including phenoxy) is 3. The summed E-state index contributed by atoms with van der Waals surface area (Å²) in [6.45, 7) is 0. The molecule has 3 heteroatoms. The van der Waals surface area contributed by atoms with Crippen LogP contribution in [0.1, 0.15) is 0 Å². The second-order valence-electron chi connectivity index (χ2n) is 3.48. The van der Waals surface area contributed by atoms with Crippen LogP contribution in [-0.4, -0.2) is 0 Å². The van der Waals surface area contributed by atoms with Gasteiger partial charge in [0.25, 0.3) is 0 Å². The van der Waals surface area contributed by atoms with Crippen molar-refractivity contribution in [3.8, 4) is 48.1 Å². The highest BCUT2D eigenvalue weighted by Gasteiger charge is 1.99. The van der Waals surface area contributed by atoms with Gasteiger partial charge in [0, 0.05) is 0 Å². The third-order valence-corrected chi connectivity index (χ3v) is 2.24. The van der Waals surface area contributed by atoms with Gasteiger partial charge in [0.1, 0.15) is 35.2 Å². The van der Waals surface area contributed by atoms with Crippen LogP contribution in [0.4, 0.5) is 0 Å². The molecule has 0 bridgehead atoms. The van der Waals surface area contributed by atoms with E-state index in [4.69, 9.17) is 27.1 Å². The van der Waals surface area contributed by atoms with Crippen molar-refractivity contribution in [2.24, 2.45) is 0 Å². The lowest BCUT2D eigenvalue weighted by Gasteiger charge is -2.06. The number of rotatable bonds is 4. The molecule has 2 rings (SSSR count). The SMILES string of the molecule is C#COc1ccc(Oc2ccc(OC#C)cc2)cc1. The molecule has 0 saturated carbocycles. The second kappa shape index (κ2) is 6.05. The number of benzene rings is 2. The van der Waals surface area contributed by atoms with E-state index in [9.17, 15) is 0 Å². The first-order chi connectivity index (χ1) is 9.31. The zero-order valence-corrected chi connectivity index (χ0v) is 10.00. The Bertz CT molecular complexity index is 556. The molecule has 0 aromatic heterocycles. The molecule has 0 N–H and O–H groups in total. The van der Waals surface area contributed by atoms with Crippen LogP contribution in [0.5, 0.6) is 23.0 Å². The van der Waals surface area contributed by atoms with Crippen LogP contribution in [0.15, 0.2) is 48.5 Å². The molecule has 2 aromatic rings. The fraction of sp³-hybridized carbons (Fsp3) is 0. The van der Waals surface area contributed by atoms with Crippen molar-refractivity contribution in [2.45, 2.75) is 0 Å². The van der Waals surface area contributed by atoms with Gasteiger partial charge in [0.2, 0.25) is 0 Å². The zero-order chi connectivity index (χ0) is 13.5. The monoisotopic (exact) mass is 250 g/mol. The first-order valence-corrected chi connectivity index (χ1v) is 5.44. The highest BCUT2D eigenvalue weighted by atomic mass is 16.5. The summed E-state index contributed by atoms with van der Waals surface area (Å²) in [5.74, 6) is 2.53. The molecule has 0 radical (unpaired) electrons. The smallest absolute Gasteiger partial charge is 0.140 e. The van der Waals surface area contributed by atoms with E-state index in [1.165, 1.54) is 0 Å². The largest absolute Gasteiger partial charge is 0.457 e. The van der Waals surface area contributed by atoms with Crippen molar-refractivity contribution >= 4 is 0 Å². The minimum absolute atomic E-state index is 0.590. The number of hydrogen-bond donors (Lipinski definition) is 0. The summed E-state index contributed by atoms with van der Waals surface area (Å²) in [5.41, 5.74) is 0. The van der Waals surface area contributed by atoms with Gasteiger partial charge in [-0.25, -0.2) is 0 Å². The van der Waals surface area contributed by atoms with Crippen LogP contribution in [-0.2, 0) is 0 Å². The maximum absolute atomic E-state index is 5.63. The summed E-state index contributed by atoms with van der Waals surface area (Å²) in [7, 11) is 0. The maximum Gasteiger partial charge on any atom is 0.140 e. The fourth-order valence-electron chi connectivity index (χ4n) is 1.42. The Morgan fingerprint density at radius 1 is 0.579 bits per heavy atom. The van der Waals surface area contributed by atoms with Crippen molar-refractivity contribution in [3.05, 3.63) is 48.5 Å². The first kappa shape index (κ1) is 12.4. The normalized spacial score (nSPS) is 8.95. The third kappa shape index (κ3) is 3.46. The molecule has 3 nitrogen and oxygen atoms in total. The van der Waals surface area contributed by atoms with Gasteiger partial charge in [-0.15, -0.1) is 0 Å². The summed E-state index contributed by atoms with van der Waals surface area (Å²) < 4.78 is 15.4. The average molecular weight is 250 g/mol. The Morgan fingerprint density at radius 3 is 1.21 bits per heavy atom. The van der Waals surface area contributed by atoms with Gasteiger partial charge in [-0.05, 0) is 48.5 Å². The Hall–Kier alpha value is -3.04. The van der Waals surface area contributed by atoms with Crippen LogP contribution in [0.25, 0.3) is 0 Å². The van der Waals surface area contributed by atoms with Crippen LogP contribution in [0, 0.1) is 25.1 Å². The molecule has 0 amide bonds. The molecule has 0 spiro atoms. The van der Waals surface area contributed by atoms with Crippen molar-refractivity contribution in [1.82, 2.24) is 0 Å². The quantitative estimate of drug-likeness (QED) is 0.778. The molecule has 19 heavy (non-hydrogen) atoms. The lowest BCUT2D eigenvalue weighted by atomic mass is 10.3. The Labute approximate surface area is 111 Å². The number of terminal acetylenes is 2. The third-order valence-electron chi connectivity index (χ3n) is 2.24. The van der Waals surface area contributed by atoms with E-state index < -0.39 is 0 Å².